The third kappa shape index (κ3) is 2.14. The van der Waals surface area contributed by atoms with Crippen molar-refractivity contribution >= 4 is 39.9 Å². The van der Waals surface area contributed by atoms with E-state index in [0.29, 0.717) is 10.7 Å². The number of benzene rings is 2. The predicted molar refractivity (Wildman–Crippen MR) is 84.7 cm³/mol. The van der Waals surface area contributed by atoms with Gasteiger partial charge in [-0.1, -0.05) is 49.7 Å². The zero-order valence-electron chi connectivity index (χ0n) is 11.8. The minimum atomic E-state index is -0.311. The minimum Gasteiger partial charge on any atom is -0.269 e. The molecule has 2 aromatic carbocycles. The average Bonchev–Trinajstić information content (AvgIpc) is 2.77. The van der Waals surface area contributed by atoms with Crippen LogP contribution in [0.25, 0.3) is 10.8 Å². The smallest absolute Gasteiger partial charge is 0.258 e. The Kier molecular flexibility index (Phi) is 3.30. The molecule has 0 radical (unpaired) electrons. The Balaban J connectivity index is 2.37. The van der Waals surface area contributed by atoms with Gasteiger partial charge in [0.1, 0.15) is 0 Å². The lowest BCUT2D eigenvalue weighted by Gasteiger charge is -2.22. The number of amides is 2. The first-order valence-corrected chi connectivity index (χ1v) is 7.15. The summed E-state index contributed by atoms with van der Waals surface area (Å²) in [6, 6.07) is 9.40. The normalized spacial score (nSPS) is 14.8. The summed E-state index contributed by atoms with van der Waals surface area (Å²) in [5, 5.41) is 2.27. The second-order valence-electron chi connectivity index (χ2n) is 5.34. The van der Waals surface area contributed by atoms with Crippen molar-refractivity contribution in [1.29, 1.82) is 0 Å². The van der Waals surface area contributed by atoms with E-state index in [-0.39, 0.29) is 17.7 Å². The molecule has 2 amide bonds. The molecule has 0 unspecified atom stereocenters. The van der Waals surface area contributed by atoms with Crippen molar-refractivity contribution < 1.29 is 9.59 Å². The number of rotatable bonds is 2. The Hall–Kier alpha value is -2.13. The van der Waals surface area contributed by atoms with E-state index >= 15 is 0 Å². The van der Waals surface area contributed by atoms with Gasteiger partial charge in [0.15, 0.2) is 0 Å². The molecule has 0 saturated carbocycles. The van der Waals surface area contributed by atoms with Gasteiger partial charge in [0, 0.05) is 27.9 Å². The van der Waals surface area contributed by atoms with Crippen LogP contribution in [0.4, 0.5) is 5.69 Å². The van der Waals surface area contributed by atoms with Crippen molar-refractivity contribution in [3.63, 3.8) is 0 Å². The fourth-order valence-corrected chi connectivity index (χ4v) is 2.89. The summed E-state index contributed by atoms with van der Waals surface area (Å²) < 4.78 is 0. The topological polar surface area (TPSA) is 37.4 Å². The molecule has 4 heteroatoms. The SMILES string of the molecule is CC(C)c1ccc2c(Cl)cccc2c1N1C(=O)C=CC1=O. The third-order valence-electron chi connectivity index (χ3n) is 3.67. The molecule has 0 saturated heterocycles. The van der Waals surface area contributed by atoms with Gasteiger partial charge in [-0.3, -0.25) is 9.59 Å². The minimum absolute atomic E-state index is 0.185. The summed E-state index contributed by atoms with van der Waals surface area (Å²) in [5.74, 6) is -0.437. The summed E-state index contributed by atoms with van der Waals surface area (Å²) in [4.78, 5) is 25.4. The number of imide groups is 1. The average molecular weight is 300 g/mol. The first kappa shape index (κ1) is 13.8. The van der Waals surface area contributed by atoms with Gasteiger partial charge in [0.05, 0.1) is 5.69 Å². The first-order chi connectivity index (χ1) is 10.0. The van der Waals surface area contributed by atoms with Gasteiger partial charge >= 0.3 is 0 Å². The van der Waals surface area contributed by atoms with Crippen molar-refractivity contribution in [3.05, 3.63) is 53.1 Å². The Morgan fingerprint density at radius 3 is 2.24 bits per heavy atom. The summed E-state index contributed by atoms with van der Waals surface area (Å²) in [5.41, 5.74) is 1.60. The van der Waals surface area contributed by atoms with Crippen LogP contribution in [-0.4, -0.2) is 11.8 Å². The van der Waals surface area contributed by atoms with Gasteiger partial charge in [-0.05, 0) is 17.5 Å². The van der Waals surface area contributed by atoms with E-state index in [9.17, 15) is 9.59 Å². The van der Waals surface area contributed by atoms with Gasteiger partial charge in [-0.2, -0.15) is 0 Å². The molecule has 3 nitrogen and oxygen atoms in total. The lowest BCUT2D eigenvalue weighted by atomic mass is 9.95. The van der Waals surface area contributed by atoms with Crippen molar-refractivity contribution in [2.45, 2.75) is 19.8 Å². The number of halogens is 1. The monoisotopic (exact) mass is 299 g/mol. The molecule has 0 aliphatic carbocycles. The Bertz CT molecular complexity index is 775. The van der Waals surface area contributed by atoms with Crippen molar-refractivity contribution in [2.24, 2.45) is 0 Å². The molecular weight excluding hydrogens is 286 g/mol. The summed E-state index contributed by atoms with van der Waals surface area (Å²) >= 11 is 6.24. The zero-order chi connectivity index (χ0) is 15.1. The van der Waals surface area contributed by atoms with Crippen molar-refractivity contribution in [2.75, 3.05) is 4.90 Å². The number of carbonyl (C=O) groups excluding carboxylic acids is 2. The first-order valence-electron chi connectivity index (χ1n) is 6.78. The highest BCUT2D eigenvalue weighted by Crippen LogP contribution is 2.38. The second kappa shape index (κ2) is 5.01. The molecule has 106 valence electrons. The summed E-state index contributed by atoms with van der Waals surface area (Å²) in [7, 11) is 0. The molecular formula is C17H14ClNO2. The van der Waals surface area contributed by atoms with Crippen LogP contribution in [0, 0.1) is 0 Å². The fourth-order valence-electron chi connectivity index (χ4n) is 2.66. The van der Waals surface area contributed by atoms with Crippen LogP contribution in [0.15, 0.2) is 42.5 Å². The van der Waals surface area contributed by atoms with Gasteiger partial charge in [-0.15, -0.1) is 0 Å². The fraction of sp³-hybridized carbons (Fsp3) is 0.176. The van der Waals surface area contributed by atoms with E-state index in [4.69, 9.17) is 11.6 Å². The summed E-state index contributed by atoms with van der Waals surface area (Å²) in [6.07, 6.45) is 2.60. The molecule has 1 heterocycles. The second-order valence-corrected chi connectivity index (χ2v) is 5.75. The molecule has 1 aliphatic heterocycles. The Morgan fingerprint density at radius 2 is 1.62 bits per heavy atom. The van der Waals surface area contributed by atoms with Crippen LogP contribution in [-0.2, 0) is 9.59 Å². The van der Waals surface area contributed by atoms with Gasteiger partial charge in [0.25, 0.3) is 11.8 Å². The van der Waals surface area contributed by atoms with E-state index < -0.39 is 0 Å². The van der Waals surface area contributed by atoms with Crippen LogP contribution in [0.1, 0.15) is 25.3 Å². The molecule has 0 atom stereocenters. The number of hydrogen-bond donors (Lipinski definition) is 0. The predicted octanol–water partition coefficient (Wildman–Crippen LogP) is 4.05. The number of nitrogens with zero attached hydrogens (tertiary/aromatic N) is 1. The van der Waals surface area contributed by atoms with E-state index in [1.54, 1.807) is 6.07 Å². The van der Waals surface area contributed by atoms with Crippen LogP contribution in [0.3, 0.4) is 0 Å². The maximum atomic E-state index is 12.1. The third-order valence-corrected chi connectivity index (χ3v) is 4.00. The van der Waals surface area contributed by atoms with Gasteiger partial charge in [0.2, 0.25) is 0 Å². The van der Waals surface area contributed by atoms with Crippen LogP contribution in [0.5, 0.6) is 0 Å². The molecule has 3 rings (SSSR count). The molecule has 0 aromatic heterocycles. The largest absolute Gasteiger partial charge is 0.269 e. The van der Waals surface area contributed by atoms with E-state index in [1.807, 2.05) is 38.1 Å². The van der Waals surface area contributed by atoms with Crippen molar-refractivity contribution in [1.82, 2.24) is 0 Å². The van der Waals surface area contributed by atoms with Gasteiger partial charge in [-0.25, -0.2) is 4.90 Å². The van der Waals surface area contributed by atoms with Gasteiger partial charge < -0.3 is 0 Å². The van der Waals surface area contributed by atoms with E-state index in [1.165, 1.54) is 17.1 Å². The molecule has 0 fully saturated rings. The maximum Gasteiger partial charge on any atom is 0.258 e. The number of hydrogen-bond acceptors (Lipinski definition) is 2. The van der Waals surface area contributed by atoms with Crippen LogP contribution in [0.2, 0.25) is 5.02 Å². The highest BCUT2D eigenvalue weighted by Gasteiger charge is 2.29. The van der Waals surface area contributed by atoms with Crippen LogP contribution >= 0.6 is 11.6 Å². The quantitative estimate of drug-likeness (QED) is 0.785. The molecule has 0 N–H and O–H groups in total. The molecule has 0 spiro atoms. The maximum absolute atomic E-state index is 12.1. The number of carbonyl (C=O) groups is 2. The molecule has 0 bridgehead atoms. The van der Waals surface area contributed by atoms with E-state index in [2.05, 4.69) is 0 Å². The highest BCUT2D eigenvalue weighted by atomic mass is 35.5. The lowest BCUT2D eigenvalue weighted by molar-refractivity contribution is -0.119. The Morgan fingerprint density at radius 1 is 0.952 bits per heavy atom. The molecule has 21 heavy (non-hydrogen) atoms. The standard InChI is InChI=1S/C17H14ClNO2/c1-10(2)11-6-7-12-13(4-3-5-14(12)18)17(11)19-15(20)8-9-16(19)21/h3-10H,1-2H3. The lowest BCUT2D eigenvalue weighted by Crippen LogP contribution is -2.31. The zero-order valence-corrected chi connectivity index (χ0v) is 12.5. The van der Waals surface area contributed by atoms with Crippen LogP contribution < -0.4 is 4.90 Å². The highest BCUT2D eigenvalue weighted by molar-refractivity contribution is 6.37. The summed E-state index contributed by atoms with van der Waals surface area (Å²) in [6.45, 7) is 4.07. The molecule has 1 aliphatic rings. The Labute approximate surface area is 127 Å². The number of anilines is 1. The molecule has 2 aromatic rings. The van der Waals surface area contributed by atoms with Crippen molar-refractivity contribution in [3.8, 4) is 0 Å². The van der Waals surface area contributed by atoms with E-state index in [0.717, 1.165) is 16.3 Å². The number of fused-ring (bicyclic) bond motifs is 1.